The number of halogens is 1. The largest absolute Gasteiger partial charge is 0.384 e. The fourth-order valence-electron chi connectivity index (χ4n) is 6.31. The van der Waals surface area contributed by atoms with E-state index in [-0.39, 0.29) is 29.8 Å². The Balaban J connectivity index is 1.23. The fraction of sp³-hybridized carbons (Fsp3) is 0.467. The van der Waals surface area contributed by atoms with Gasteiger partial charge in [0, 0.05) is 55.2 Å². The molecule has 0 bridgehead atoms. The molecule has 2 saturated heterocycles. The van der Waals surface area contributed by atoms with Gasteiger partial charge in [-0.05, 0) is 49.4 Å². The summed E-state index contributed by atoms with van der Waals surface area (Å²) in [6.45, 7) is 5.81. The highest BCUT2D eigenvalue weighted by molar-refractivity contribution is 6.06. The van der Waals surface area contributed by atoms with Crippen molar-refractivity contribution in [3.05, 3.63) is 65.4 Å². The lowest BCUT2D eigenvalue weighted by molar-refractivity contribution is -0.128. The van der Waals surface area contributed by atoms with Crippen LogP contribution in [0.3, 0.4) is 0 Å². The topological polar surface area (TPSA) is 119 Å². The monoisotopic (exact) mass is 547 g/mol. The molecule has 40 heavy (non-hydrogen) atoms. The van der Waals surface area contributed by atoms with Crippen molar-refractivity contribution in [1.82, 2.24) is 20.2 Å². The molecule has 2 aliphatic heterocycles. The Labute approximate surface area is 232 Å². The molecule has 0 unspecified atom stereocenters. The summed E-state index contributed by atoms with van der Waals surface area (Å²) in [7, 11) is 0. The second-order valence-corrected chi connectivity index (χ2v) is 12.1. The number of amides is 3. The minimum atomic E-state index is -1.43. The summed E-state index contributed by atoms with van der Waals surface area (Å²) in [4.78, 5) is 36.3. The molecule has 3 amide bonds. The number of nitrogens with one attached hydrogen (secondary N) is 1. The molecule has 2 aromatic heterocycles. The van der Waals surface area contributed by atoms with Gasteiger partial charge in [0.05, 0.1) is 28.7 Å². The number of carbonyl (C=O) groups excluding carboxylic acids is 2. The van der Waals surface area contributed by atoms with Gasteiger partial charge in [-0.25, -0.2) is 9.18 Å². The number of aliphatic hydroxyl groups is 2. The van der Waals surface area contributed by atoms with Crippen molar-refractivity contribution in [2.75, 3.05) is 24.5 Å². The summed E-state index contributed by atoms with van der Waals surface area (Å²) in [6.07, 6.45) is 6.29. The van der Waals surface area contributed by atoms with E-state index in [0.717, 1.165) is 30.5 Å². The Bertz CT molecular complexity index is 1490. The van der Waals surface area contributed by atoms with Crippen molar-refractivity contribution in [1.29, 1.82) is 0 Å². The highest BCUT2D eigenvalue weighted by Gasteiger charge is 2.50. The van der Waals surface area contributed by atoms with E-state index in [0.29, 0.717) is 37.3 Å². The lowest BCUT2D eigenvalue weighted by Gasteiger charge is -2.50. The maximum Gasteiger partial charge on any atom is 0.328 e. The molecule has 210 valence electrons. The van der Waals surface area contributed by atoms with Gasteiger partial charge in [0.15, 0.2) is 0 Å². The zero-order chi connectivity index (χ0) is 28.3. The Morgan fingerprint density at radius 2 is 1.82 bits per heavy atom. The molecule has 1 aliphatic carbocycles. The van der Waals surface area contributed by atoms with Crippen molar-refractivity contribution in [2.45, 2.75) is 63.7 Å². The molecule has 1 atom stereocenters. The van der Waals surface area contributed by atoms with Gasteiger partial charge < -0.3 is 10.2 Å². The van der Waals surface area contributed by atoms with Gasteiger partial charge in [-0.1, -0.05) is 26.0 Å². The third-order valence-corrected chi connectivity index (χ3v) is 9.01. The van der Waals surface area contributed by atoms with Crippen LogP contribution in [0.15, 0.2) is 42.7 Å². The molecule has 3 aliphatic rings. The zero-order valence-electron chi connectivity index (χ0n) is 22.8. The number of pyridine rings is 2. The van der Waals surface area contributed by atoms with Crippen LogP contribution in [0.2, 0.25) is 0 Å². The van der Waals surface area contributed by atoms with Crippen molar-refractivity contribution in [2.24, 2.45) is 5.41 Å². The smallest absolute Gasteiger partial charge is 0.328 e. The van der Waals surface area contributed by atoms with E-state index in [4.69, 9.17) is 0 Å². The first-order chi connectivity index (χ1) is 19.0. The standard InChI is InChI=1S/C30H34FN5O4/c1-28(2)18-35(17-19-4-7-24(33-15-19)29(39)9-3-10-29)13-11-30(28,40)22-5-6-23-21(26(22)31)14-20(16-32-23)36-12-8-25(37)34-27(36)38/h4-7,14-16,39-40H,3,8-13,17-18H2,1-2H3,(H,34,37,38)/t30-/m0/s1. The van der Waals surface area contributed by atoms with E-state index < -0.39 is 28.5 Å². The third kappa shape index (κ3) is 4.44. The quantitative estimate of drug-likeness (QED) is 0.446. The number of piperidine rings is 1. The number of urea groups is 1. The van der Waals surface area contributed by atoms with Crippen LogP contribution in [0, 0.1) is 11.2 Å². The molecule has 3 fully saturated rings. The Morgan fingerprint density at radius 3 is 2.48 bits per heavy atom. The summed E-state index contributed by atoms with van der Waals surface area (Å²) in [5.74, 6) is -0.905. The van der Waals surface area contributed by atoms with Crippen LogP contribution < -0.4 is 10.2 Å². The van der Waals surface area contributed by atoms with Crippen molar-refractivity contribution < 1.29 is 24.2 Å². The SMILES string of the molecule is CC1(C)CN(Cc2ccc(C3(O)CCC3)nc2)CC[C@]1(O)c1ccc2ncc(N3CCC(=O)NC3=O)cc2c1F. The maximum atomic E-state index is 16.1. The highest BCUT2D eigenvalue weighted by Crippen LogP contribution is 2.48. The van der Waals surface area contributed by atoms with Gasteiger partial charge in [0.25, 0.3) is 0 Å². The lowest BCUT2D eigenvalue weighted by atomic mass is 9.66. The summed E-state index contributed by atoms with van der Waals surface area (Å²) >= 11 is 0. The number of aromatic nitrogens is 2. The van der Waals surface area contributed by atoms with Gasteiger partial charge in [0.2, 0.25) is 5.91 Å². The number of carbonyl (C=O) groups is 2. The summed E-state index contributed by atoms with van der Waals surface area (Å²) < 4.78 is 16.1. The minimum Gasteiger partial charge on any atom is -0.384 e. The summed E-state index contributed by atoms with van der Waals surface area (Å²) in [5, 5.41) is 25.0. The van der Waals surface area contributed by atoms with Crippen LogP contribution in [0.4, 0.5) is 14.9 Å². The zero-order valence-corrected chi connectivity index (χ0v) is 22.8. The highest BCUT2D eigenvalue weighted by atomic mass is 19.1. The molecule has 4 heterocycles. The average Bonchev–Trinajstić information content (AvgIpc) is 2.90. The van der Waals surface area contributed by atoms with E-state index in [9.17, 15) is 19.8 Å². The Kier molecular flexibility index (Phi) is 6.40. The van der Waals surface area contributed by atoms with Crippen LogP contribution >= 0.6 is 0 Å². The molecule has 0 radical (unpaired) electrons. The first-order valence-corrected chi connectivity index (χ1v) is 13.8. The molecule has 0 spiro atoms. The molecular formula is C30H34FN5O4. The van der Waals surface area contributed by atoms with Gasteiger partial charge >= 0.3 is 6.03 Å². The first kappa shape index (κ1) is 26.7. The molecule has 10 heteroatoms. The predicted molar refractivity (Wildman–Crippen MR) is 147 cm³/mol. The van der Waals surface area contributed by atoms with E-state index in [1.807, 2.05) is 32.2 Å². The van der Waals surface area contributed by atoms with Gasteiger partial charge in [-0.2, -0.15) is 0 Å². The van der Waals surface area contributed by atoms with Gasteiger partial charge in [-0.3, -0.25) is 29.9 Å². The van der Waals surface area contributed by atoms with Crippen molar-refractivity contribution in [3.63, 3.8) is 0 Å². The normalized spacial score (nSPS) is 24.6. The number of likely N-dealkylation sites (tertiary alicyclic amines) is 1. The third-order valence-electron chi connectivity index (χ3n) is 9.01. The summed E-state index contributed by atoms with van der Waals surface area (Å²) in [6, 6.07) is 8.20. The Morgan fingerprint density at radius 1 is 1.02 bits per heavy atom. The molecule has 1 aromatic carbocycles. The van der Waals surface area contributed by atoms with Crippen molar-refractivity contribution >= 4 is 28.5 Å². The fourth-order valence-corrected chi connectivity index (χ4v) is 6.31. The van der Waals surface area contributed by atoms with Crippen LogP contribution in [0.1, 0.15) is 62.8 Å². The van der Waals surface area contributed by atoms with Gasteiger partial charge in [-0.15, -0.1) is 0 Å². The molecule has 6 rings (SSSR count). The van der Waals surface area contributed by atoms with Crippen LogP contribution in [0.25, 0.3) is 10.9 Å². The number of rotatable bonds is 5. The first-order valence-electron chi connectivity index (χ1n) is 13.8. The van der Waals surface area contributed by atoms with E-state index in [1.54, 1.807) is 18.2 Å². The van der Waals surface area contributed by atoms with Crippen molar-refractivity contribution in [3.8, 4) is 0 Å². The molecular weight excluding hydrogens is 513 g/mol. The average molecular weight is 548 g/mol. The second kappa shape index (κ2) is 9.57. The minimum absolute atomic E-state index is 0.152. The maximum absolute atomic E-state index is 16.1. The van der Waals surface area contributed by atoms with E-state index in [2.05, 4.69) is 20.2 Å². The second-order valence-electron chi connectivity index (χ2n) is 12.1. The van der Waals surface area contributed by atoms with Gasteiger partial charge in [0.1, 0.15) is 11.4 Å². The number of anilines is 1. The number of benzene rings is 1. The van der Waals surface area contributed by atoms with E-state index in [1.165, 1.54) is 11.1 Å². The van der Waals surface area contributed by atoms with Crippen LogP contribution in [-0.2, 0) is 22.5 Å². The van der Waals surface area contributed by atoms with Crippen LogP contribution in [0.5, 0.6) is 0 Å². The number of imide groups is 1. The van der Waals surface area contributed by atoms with Crippen LogP contribution in [-0.4, -0.2) is 56.7 Å². The predicted octanol–water partition coefficient (Wildman–Crippen LogP) is 3.71. The molecule has 3 aromatic rings. The Hall–Kier alpha value is -3.47. The number of hydrogen-bond acceptors (Lipinski definition) is 7. The molecule has 3 N–H and O–H groups in total. The molecule has 9 nitrogen and oxygen atoms in total. The lowest BCUT2D eigenvalue weighted by Crippen LogP contribution is -2.55. The number of nitrogens with zero attached hydrogens (tertiary/aromatic N) is 4. The summed E-state index contributed by atoms with van der Waals surface area (Å²) in [5.41, 5.74) is -0.155. The number of fused-ring (bicyclic) bond motifs is 1. The molecule has 1 saturated carbocycles. The van der Waals surface area contributed by atoms with E-state index >= 15 is 4.39 Å². The number of hydrogen-bond donors (Lipinski definition) is 3.